The highest BCUT2D eigenvalue weighted by atomic mass is 16.3. The fourth-order valence-electron chi connectivity index (χ4n) is 1.18. The molecule has 1 aromatic rings. The van der Waals surface area contributed by atoms with Crippen LogP contribution in [0.15, 0.2) is 24.3 Å². The van der Waals surface area contributed by atoms with E-state index in [2.05, 4.69) is 10.6 Å². The maximum atomic E-state index is 11.4. The molecule has 0 aliphatic carbocycles. The highest BCUT2D eigenvalue weighted by Gasteiger charge is 2.12. The molecule has 0 bridgehead atoms. The zero-order valence-corrected chi connectivity index (χ0v) is 9.87. The van der Waals surface area contributed by atoms with Crippen molar-refractivity contribution in [3.63, 3.8) is 0 Å². The second-order valence-corrected chi connectivity index (χ2v) is 4.72. The van der Waals surface area contributed by atoms with Gasteiger partial charge in [0.15, 0.2) is 0 Å². The number of phenols is 1. The number of rotatable bonds is 2. The molecule has 0 saturated carbocycles. The van der Waals surface area contributed by atoms with Crippen molar-refractivity contribution < 1.29 is 9.90 Å². The van der Waals surface area contributed by atoms with Crippen LogP contribution in [0.1, 0.15) is 26.3 Å². The van der Waals surface area contributed by atoms with Gasteiger partial charge in [0.05, 0.1) is 0 Å². The first kappa shape index (κ1) is 12.4. The minimum atomic E-state index is -0.237. The molecule has 0 aromatic heterocycles. The fourth-order valence-corrected chi connectivity index (χ4v) is 1.18. The number of carbonyl (C=O) groups excluding carboxylic acids is 1. The summed E-state index contributed by atoms with van der Waals surface area (Å²) in [6.07, 6.45) is 0. The molecule has 3 N–H and O–H groups in total. The number of hydrogen-bond donors (Lipinski definition) is 3. The summed E-state index contributed by atoms with van der Waals surface area (Å²) in [5.41, 5.74) is 0.709. The van der Waals surface area contributed by atoms with Crippen molar-refractivity contribution in [3.8, 4) is 5.75 Å². The molecular weight excluding hydrogens is 204 g/mol. The van der Waals surface area contributed by atoms with Gasteiger partial charge in [0.25, 0.3) is 0 Å². The van der Waals surface area contributed by atoms with Crippen LogP contribution in [0.25, 0.3) is 0 Å². The summed E-state index contributed by atoms with van der Waals surface area (Å²) in [6.45, 7) is 6.22. The summed E-state index contributed by atoms with van der Waals surface area (Å²) in [4.78, 5) is 11.4. The van der Waals surface area contributed by atoms with Crippen LogP contribution >= 0.6 is 0 Å². The molecule has 1 aromatic carbocycles. The van der Waals surface area contributed by atoms with Gasteiger partial charge in [0.2, 0.25) is 0 Å². The average molecular weight is 222 g/mol. The van der Waals surface area contributed by atoms with E-state index in [-0.39, 0.29) is 17.3 Å². The van der Waals surface area contributed by atoms with Gasteiger partial charge in [-0.25, -0.2) is 4.79 Å². The van der Waals surface area contributed by atoms with Gasteiger partial charge in [0, 0.05) is 12.1 Å². The minimum Gasteiger partial charge on any atom is -0.508 e. The van der Waals surface area contributed by atoms with Crippen molar-refractivity contribution in [2.75, 3.05) is 0 Å². The normalized spacial score (nSPS) is 10.9. The van der Waals surface area contributed by atoms with Crippen LogP contribution in [-0.4, -0.2) is 16.7 Å². The third-order valence-corrected chi connectivity index (χ3v) is 1.88. The molecule has 0 fully saturated rings. The lowest BCUT2D eigenvalue weighted by Gasteiger charge is -2.20. The molecule has 2 amide bonds. The summed E-state index contributed by atoms with van der Waals surface area (Å²) >= 11 is 0. The van der Waals surface area contributed by atoms with Crippen molar-refractivity contribution in [2.24, 2.45) is 0 Å². The molecule has 0 radical (unpaired) electrons. The van der Waals surface area contributed by atoms with E-state index in [1.165, 1.54) is 0 Å². The number of phenolic OH excluding ortho intramolecular Hbond substituents is 1. The highest BCUT2D eigenvalue weighted by Crippen LogP contribution is 2.09. The zero-order valence-electron chi connectivity index (χ0n) is 9.87. The Bertz CT molecular complexity index is 352. The van der Waals surface area contributed by atoms with Crippen molar-refractivity contribution in [1.82, 2.24) is 10.6 Å². The summed E-state index contributed by atoms with van der Waals surface area (Å²) in [5.74, 6) is 0.225. The Morgan fingerprint density at radius 2 is 1.81 bits per heavy atom. The van der Waals surface area contributed by atoms with E-state index in [4.69, 9.17) is 5.11 Å². The third-order valence-electron chi connectivity index (χ3n) is 1.88. The predicted octanol–water partition coefficient (Wildman–Crippen LogP) is 1.99. The molecule has 0 aliphatic rings. The van der Waals surface area contributed by atoms with Gasteiger partial charge >= 0.3 is 6.03 Å². The third kappa shape index (κ3) is 4.68. The molecule has 16 heavy (non-hydrogen) atoms. The molecule has 4 heteroatoms. The molecule has 0 unspecified atom stereocenters. The van der Waals surface area contributed by atoms with Crippen LogP contribution < -0.4 is 10.6 Å². The maximum Gasteiger partial charge on any atom is 0.315 e. The van der Waals surface area contributed by atoms with Crippen LogP contribution in [0.4, 0.5) is 4.79 Å². The average Bonchev–Trinajstić information content (AvgIpc) is 2.14. The maximum absolute atomic E-state index is 11.4. The number of nitrogens with one attached hydrogen (secondary N) is 2. The lowest BCUT2D eigenvalue weighted by molar-refractivity contribution is 0.231. The first-order valence-corrected chi connectivity index (χ1v) is 5.21. The lowest BCUT2D eigenvalue weighted by Crippen LogP contribution is -2.46. The predicted molar refractivity (Wildman–Crippen MR) is 63.2 cm³/mol. The largest absolute Gasteiger partial charge is 0.508 e. The van der Waals surface area contributed by atoms with E-state index in [1.54, 1.807) is 24.3 Å². The Kier molecular flexibility index (Phi) is 3.77. The van der Waals surface area contributed by atoms with E-state index < -0.39 is 0 Å². The number of aromatic hydroxyl groups is 1. The number of carbonyl (C=O) groups is 1. The van der Waals surface area contributed by atoms with E-state index in [1.807, 2.05) is 20.8 Å². The van der Waals surface area contributed by atoms with Crippen molar-refractivity contribution >= 4 is 6.03 Å². The van der Waals surface area contributed by atoms with Crippen molar-refractivity contribution in [3.05, 3.63) is 29.8 Å². The SMILES string of the molecule is CC(C)(C)NC(=O)NCc1ccc(O)cc1. The molecule has 0 saturated heterocycles. The van der Waals surface area contributed by atoms with Crippen molar-refractivity contribution in [2.45, 2.75) is 32.9 Å². The highest BCUT2D eigenvalue weighted by molar-refractivity contribution is 5.74. The van der Waals surface area contributed by atoms with E-state index in [9.17, 15) is 4.79 Å². The molecule has 4 nitrogen and oxygen atoms in total. The Labute approximate surface area is 95.7 Å². The van der Waals surface area contributed by atoms with E-state index in [0.29, 0.717) is 6.54 Å². The Morgan fingerprint density at radius 3 is 2.31 bits per heavy atom. The van der Waals surface area contributed by atoms with Gasteiger partial charge in [-0.15, -0.1) is 0 Å². The smallest absolute Gasteiger partial charge is 0.315 e. The molecule has 0 spiro atoms. The van der Waals surface area contributed by atoms with Crippen LogP contribution in [-0.2, 0) is 6.54 Å². The Morgan fingerprint density at radius 1 is 1.25 bits per heavy atom. The van der Waals surface area contributed by atoms with Gasteiger partial charge in [0.1, 0.15) is 5.75 Å². The number of urea groups is 1. The first-order chi connectivity index (χ1) is 7.37. The number of hydrogen-bond acceptors (Lipinski definition) is 2. The van der Waals surface area contributed by atoms with Gasteiger partial charge in [-0.3, -0.25) is 0 Å². The molecule has 88 valence electrons. The van der Waals surface area contributed by atoms with E-state index in [0.717, 1.165) is 5.56 Å². The zero-order chi connectivity index (χ0) is 12.2. The van der Waals surface area contributed by atoms with Gasteiger partial charge in [-0.05, 0) is 38.5 Å². The van der Waals surface area contributed by atoms with Crippen molar-refractivity contribution in [1.29, 1.82) is 0 Å². The molecule has 0 aliphatic heterocycles. The topological polar surface area (TPSA) is 61.4 Å². The fraction of sp³-hybridized carbons (Fsp3) is 0.417. The Balaban J connectivity index is 2.40. The van der Waals surface area contributed by atoms with Gasteiger partial charge in [-0.2, -0.15) is 0 Å². The summed E-state index contributed by atoms with van der Waals surface area (Å²) < 4.78 is 0. The Hall–Kier alpha value is -1.71. The van der Waals surface area contributed by atoms with Crippen LogP contribution in [0.5, 0.6) is 5.75 Å². The lowest BCUT2D eigenvalue weighted by atomic mass is 10.1. The summed E-state index contributed by atoms with van der Waals surface area (Å²) in [6, 6.07) is 6.54. The standard InChI is InChI=1S/C12H18N2O2/c1-12(2,3)14-11(16)13-8-9-4-6-10(15)7-5-9/h4-7,15H,8H2,1-3H3,(H2,13,14,16). The number of amides is 2. The van der Waals surface area contributed by atoms with Crippen LogP contribution in [0.2, 0.25) is 0 Å². The van der Waals surface area contributed by atoms with Crippen LogP contribution in [0, 0.1) is 0 Å². The van der Waals surface area contributed by atoms with E-state index >= 15 is 0 Å². The van der Waals surface area contributed by atoms with Crippen LogP contribution in [0.3, 0.4) is 0 Å². The number of benzene rings is 1. The molecule has 0 heterocycles. The second-order valence-electron chi connectivity index (χ2n) is 4.72. The molecular formula is C12H18N2O2. The van der Waals surface area contributed by atoms with Gasteiger partial charge < -0.3 is 15.7 Å². The summed E-state index contributed by atoms with van der Waals surface area (Å²) in [5, 5.41) is 14.6. The first-order valence-electron chi connectivity index (χ1n) is 5.21. The van der Waals surface area contributed by atoms with Gasteiger partial charge in [-0.1, -0.05) is 12.1 Å². The molecule has 0 atom stereocenters. The molecule has 1 rings (SSSR count). The minimum absolute atomic E-state index is 0.194. The second kappa shape index (κ2) is 4.88. The summed E-state index contributed by atoms with van der Waals surface area (Å²) in [7, 11) is 0. The monoisotopic (exact) mass is 222 g/mol. The quantitative estimate of drug-likeness (QED) is 0.716.